The summed E-state index contributed by atoms with van der Waals surface area (Å²) in [5.74, 6) is 0.611. The quantitative estimate of drug-likeness (QED) is 0.510. The van der Waals surface area contributed by atoms with Gasteiger partial charge in [-0.25, -0.2) is 9.97 Å². The first kappa shape index (κ1) is 19.4. The Morgan fingerprint density at radius 1 is 1.14 bits per heavy atom. The minimum Gasteiger partial charge on any atom is -0.311 e. The molecule has 4 aromatic rings. The molecule has 0 saturated carbocycles. The van der Waals surface area contributed by atoms with E-state index in [1.54, 1.807) is 13.0 Å². The zero-order valence-corrected chi connectivity index (χ0v) is 17.1. The SMILES string of the molecule is Cc1nc(C[C@H](NCc2c(C)nc3ccccn23)c2ccc(Cl)cc2)cc(=O)[nH]1. The van der Waals surface area contributed by atoms with E-state index in [-0.39, 0.29) is 11.6 Å². The van der Waals surface area contributed by atoms with Gasteiger partial charge in [0.1, 0.15) is 11.5 Å². The number of nitrogens with one attached hydrogen (secondary N) is 2. The topological polar surface area (TPSA) is 75.1 Å². The van der Waals surface area contributed by atoms with Crippen molar-refractivity contribution in [3.8, 4) is 0 Å². The van der Waals surface area contributed by atoms with Crippen molar-refractivity contribution in [3.63, 3.8) is 0 Å². The molecule has 4 rings (SSSR count). The Kier molecular flexibility index (Phi) is 5.47. The van der Waals surface area contributed by atoms with Crippen LogP contribution in [-0.4, -0.2) is 19.4 Å². The molecule has 1 aromatic carbocycles. The van der Waals surface area contributed by atoms with E-state index in [2.05, 4.69) is 24.7 Å². The first-order valence-corrected chi connectivity index (χ1v) is 9.85. The molecule has 3 heterocycles. The number of rotatable bonds is 6. The summed E-state index contributed by atoms with van der Waals surface area (Å²) in [5.41, 5.74) is 4.71. The van der Waals surface area contributed by atoms with Gasteiger partial charge >= 0.3 is 0 Å². The summed E-state index contributed by atoms with van der Waals surface area (Å²) in [7, 11) is 0. The molecular formula is C22H22ClN5O. The standard InChI is InChI=1S/C22H22ClN5O/c1-14-20(28-10-4-3-5-21(28)25-14)13-24-19(16-6-8-17(23)9-7-16)11-18-12-22(29)27-15(2)26-18/h3-10,12,19,24H,11,13H2,1-2H3,(H,26,27,29)/t19-/m0/s1. The molecule has 0 bridgehead atoms. The number of aromatic amines is 1. The zero-order chi connectivity index (χ0) is 20.4. The van der Waals surface area contributed by atoms with Crippen LogP contribution in [0.2, 0.25) is 5.02 Å². The number of H-pyrrole nitrogens is 1. The van der Waals surface area contributed by atoms with Gasteiger partial charge in [-0.05, 0) is 43.7 Å². The van der Waals surface area contributed by atoms with Crippen molar-refractivity contribution in [1.82, 2.24) is 24.7 Å². The molecule has 3 aromatic heterocycles. The van der Waals surface area contributed by atoms with E-state index in [1.807, 2.05) is 55.6 Å². The molecule has 1 atom stereocenters. The number of nitrogens with zero attached hydrogens (tertiary/aromatic N) is 3. The first-order chi connectivity index (χ1) is 14.0. The number of hydrogen-bond acceptors (Lipinski definition) is 4. The molecule has 148 valence electrons. The Hall–Kier alpha value is -2.96. The van der Waals surface area contributed by atoms with Gasteiger partial charge in [0.15, 0.2) is 0 Å². The van der Waals surface area contributed by atoms with Crippen molar-refractivity contribution < 1.29 is 0 Å². The van der Waals surface area contributed by atoms with Crippen molar-refractivity contribution in [2.24, 2.45) is 0 Å². The Bertz CT molecular complexity index is 1200. The van der Waals surface area contributed by atoms with Crippen molar-refractivity contribution >= 4 is 17.2 Å². The molecule has 0 aliphatic rings. The molecule has 0 aliphatic heterocycles. The Morgan fingerprint density at radius 2 is 1.93 bits per heavy atom. The highest BCUT2D eigenvalue weighted by Gasteiger charge is 2.16. The second kappa shape index (κ2) is 8.19. The predicted molar refractivity (Wildman–Crippen MR) is 114 cm³/mol. The van der Waals surface area contributed by atoms with E-state index in [0.29, 0.717) is 23.8 Å². The normalized spacial score (nSPS) is 12.4. The van der Waals surface area contributed by atoms with Crippen LogP contribution in [0, 0.1) is 13.8 Å². The van der Waals surface area contributed by atoms with Gasteiger partial charge in [-0.1, -0.05) is 29.8 Å². The summed E-state index contributed by atoms with van der Waals surface area (Å²) < 4.78 is 2.09. The van der Waals surface area contributed by atoms with Crippen LogP contribution in [0.5, 0.6) is 0 Å². The molecule has 0 aliphatic carbocycles. The molecule has 0 amide bonds. The van der Waals surface area contributed by atoms with Gasteiger partial charge in [0, 0.05) is 42.0 Å². The lowest BCUT2D eigenvalue weighted by molar-refractivity contribution is 0.516. The highest BCUT2D eigenvalue weighted by atomic mass is 35.5. The average molecular weight is 408 g/mol. The maximum Gasteiger partial charge on any atom is 0.251 e. The minimum atomic E-state index is -0.139. The first-order valence-electron chi connectivity index (χ1n) is 9.48. The van der Waals surface area contributed by atoms with Crippen LogP contribution in [-0.2, 0) is 13.0 Å². The number of aromatic nitrogens is 4. The number of halogens is 1. The summed E-state index contributed by atoms with van der Waals surface area (Å²) in [4.78, 5) is 23.7. The number of fused-ring (bicyclic) bond motifs is 1. The predicted octanol–water partition coefficient (Wildman–Crippen LogP) is 3.76. The Balaban J connectivity index is 1.63. The van der Waals surface area contributed by atoms with Crippen molar-refractivity contribution in [3.05, 3.63) is 98.6 Å². The fraction of sp³-hybridized carbons (Fsp3) is 0.227. The second-order valence-corrected chi connectivity index (χ2v) is 7.52. The number of benzene rings is 1. The number of aryl methyl sites for hydroxylation is 2. The van der Waals surface area contributed by atoms with Gasteiger partial charge < -0.3 is 14.7 Å². The number of pyridine rings is 1. The van der Waals surface area contributed by atoms with Crippen LogP contribution >= 0.6 is 11.6 Å². The summed E-state index contributed by atoms with van der Waals surface area (Å²) in [6.07, 6.45) is 2.60. The number of hydrogen-bond donors (Lipinski definition) is 2. The van der Waals surface area contributed by atoms with Crippen LogP contribution in [0.3, 0.4) is 0 Å². The monoisotopic (exact) mass is 407 g/mol. The third-order valence-corrected chi connectivity index (χ3v) is 5.20. The molecule has 0 fully saturated rings. The van der Waals surface area contributed by atoms with E-state index < -0.39 is 0 Å². The van der Waals surface area contributed by atoms with Gasteiger partial charge in [0.2, 0.25) is 0 Å². The van der Waals surface area contributed by atoms with Crippen molar-refractivity contribution in [1.29, 1.82) is 0 Å². The van der Waals surface area contributed by atoms with Gasteiger partial charge in [0.05, 0.1) is 11.4 Å². The lowest BCUT2D eigenvalue weighted by atomic mass is 10.0. The molecule has 0 saturated heterocycles. The van der Waals surface area contributed by atoms with Gasteiger partial charge in [0.25, 0.3) is 5.56 Å². The Morgan fingerprint density at radius 3 is 2.69 bits per heavy atom. The molecule has 7 heteroatoms. The van der Waals surface area contributed by atoms with E-state index in [1.165, 1.54) is 0 Å². The maximum absolute atomic E-state index is 11.9. The highest BCUT2D eigenvalue weighted by Crippen LogP contribution is 2.21. The number of imidazole rings is 1. The van der Waals surface area contributed by atoms with E-state index >= 15 is 0 Å². The van der Waals surface area contributed by atoms with Gasteiger partial charge in [-0.2, -0.15) is 0 Å². The lowest BCUT2D eigenvalue weighted by Crippen LogP contribution is -2.25. The van der Waals surface area contributed by atoms with Gasteiger partial charge in [-0.3, -0.25) is 4.79 Å². The molecule has 29 heavy (non-hydrogen) atoms. The molecule has 0 unspecified atom stereocenters. The van der Waals surface area contributed by atoms with Crippen LogP contribution in [0.25, 0.3) is 5.65 Å². The van der Waals surface area contributed by atoms with Crippen LogP contribution < -0.4 is 10.9 Å². The van der Waals surface area contributed by atoms with Crippen LogP contribution in [0.4, 0.5) is 0 Å². The minimum absolute atomic E-state index is 0.0328. The zero-order valence-electron chi connectivity index (χ0n) is 16.3. The fourth-order valence-electron chi connectivity index (χ4n) is 3.56. The summed E-state index contributed by atoms with van der Waals surface area (Å²) in [6.45, 7) is 4.44. The van der Waals surface area contributed by atoms with Crippen molar-refractivity contribution in [2.45, 2.75) is 32.9 Å². The smallest absolute Gasteiger partial charge is 0.251 e. The molecule has 0 radical (unpaired) electrons. The van der Waals surface area contributed by atoms with E-state index in [0.717, 1.165) is 28.3 Å². The van der Waals surface area contributed by atoms with E-state index in [9.17, 15) is 4.79 Å². The van der Waals surface area contributed by atoms with Crippen LogP contribution in [0.1, 0.15) is 34.5 Å². The fourth-order valence-corrected chi connectivity index (χ4v) is 3.68. The molecular weight excluding hydrogens is 386 g/mol. The average Bonchev–Trinajstić information content (AvgIpc) is 3.00. The van der Waals surface area contributed by atoms with Gasteiger partial charge in [-0.15, -0.1) is 0 Å². The summed E-state index contributed by atoms with van der Waals surface area (Å²) in [6, 6.07) is 15.3. The third-order valence-electron chi connectivity index (χ3n) is 4.94. The summed E-state index contributed by atoms with van der Waals surface area (Å²) in [5, 5.41) is 4.31. The molecule has 0 spiro atoms. The van der Waals surface area contributed by atoms with E-state index in [4.69, 9.17) is 11.6 Å². The van der Waals surface area contributed by atoms with Crippen molar-refractivity contribution in [2.75, 3.05) is 0 Å². The largest absolute Gasteiger partial charge is 0.311 e. The lowest BCUT2D eigenvalue weighted by Gasteiger charge is -2.19. The third kappa shape index (κ3) is 4.39. The second-order valence-electron chi connectivity index (χ2n) is 7.08. The Labute approximate surface area is 173 Å². The van der Waals surface area contributed by atoms with Crippen LogP contribution in [0.15, 0.2) is 59.5 Å². The maximum atomic E-state index is 11.9. The highest BCUT2D eigenvalue weighted by molar-refractivity contribution is 6.30. The molecule has 6 nitrogen and oxygen atoms in total. The molecule has 2 N–H and O–H groups in total. The summed E-state index contributed by atoms with van der Waals surface area (Å²) >= 11 is 6.07.